The van der Waals surface area contributed by atoms with Gasteiger partial charge in [0.2, 0.25) is 5.91 Å². The third-order valence-corrected chi connectivity index (χ3v) is 4.66. The minimum Gasteiger partial charge on any atom is -0.381 e. The Kier molecular flexibility index (Phi) is 5.81. The molecule has 0 atom stereocenters. The Bertz CT molecular complexity index is 723. The van der Waals surface area contributed by atoms with E-state index in [0.717, 1.165) is 38.9 Å². The molecule has 3 rings (SSSR count). The molecular weight excluding hydrogens is 323 g/mol. The summed E-state index contributed by atoms with van der Waals surface area (Å²) in [7, 11) is 0. The Hall–Kier alpha value is -2.21. The maximum Gasteiger partial charge on any atom is 0.225 e. The summed E-state index contributed by atoms with van der Waals surface area (Å²) in [6.45, 7) is 3.41. The highest BCUT2D eigenvalue weighted by molar-refractivity contribution is 5.91. The largest absolute Gasteiger partial charge is 0.381 e. The van der Waals surface area contributed by atoms with Gasteiger partial charge in [0.15, 0.2) is 11.6 Å². The predicted octanol–water partition coefficient (Wildman–Crippen LogP) is 4.32. The molecule has 0 saturated carbocycles. The number of halogens is 1. The number of carbonyl (C=O) groups excluding carboxylic acids is 1. The number of aromatic nitrogens is 1. The summed E-state index contributed by atoms with van der Waals surface area (Å²) in [6.07, 6.45) is 4.48. The van der Waals surface area contributed by atoms with Crippen LogP contribution in [0.5, 0.6) is 0 Å². The number of carbonyl (C=O) groups is 1. The van der Waals surface area contributed by atoms with Crippen LogP contribution in [0, 0.1) is 18.7 Å². The SMILES string of the molecule is Cc1c(NC(=O)CCCC2CCOCC2)noc1-c1ccccc1F. The highest BCUT2D eigenvalue weighted by Gasteiger charge is 2.19. The van der Waals surface area contributed by atoms with E-state index in [0.29, 0.717) is 35.0 Å². The van der Waals surface area contributed by atoms with Crippen LogP contribution in [-0.4, -0.2) is 24.3 Å². The second-order valence-electron chi connectivity index (χ2n) is 6.46. The molecule has 1 N–H and O–H groups in total. The number of ether oxygens (including phenoxy) is 1. The fourth-order valence-electron chi connectivity index (χ4n) is 3.13. The van der Waals surface area contributed by atoms with Crippen LogP contribution in [-0.2, 0) is 9.53 Å². The summed E-state index contributed by atoms with van der Waals surface area (Å²) in [4.78, 5) is 12.1. The highest BCUT2D eigenvalue weighted by atomic mass is 19.1. The molecule has 2 aromatic rings. The van der Waals surface area contributed by atoms with E-state index in [2.05, 4.69) is 10.5 Å². The monoisotopic (exact) mass is 346 g/mol. The van der Waals surface area contributed by atoms with E-state index in [4.69, 9.17) is 9.26 Å². The van der Waals surface area contributed by atoms with E-state index < -0.39 is 0 Å². The van der Waals surface area contributed by atoms with Gasteiger partial charge in [-0.1, -0.05) is 17.3 Å². The lowest BCUT2D eigenvalue weighted by Crippen LogP contribution is -2.17. The van der Waals surface area contributed by atoms with Crippen molar-refractivity contribution < 1.29 is 18.4 Å². The Morgan fingerprint density at radius 3 is 2.84 bits per heavy atom. The first-order valence-corrected chi connectivity index (χ1v) is 8.74. The molecule has 2 heterocycles. The first kappa shape index (κ1) is 17.6. The Balaban J connectivity index is 1.54. The molecule has 0 radical (unpaired) electrons. The minimum atomic E-state index is -0.379. The van der Waals surface area contributed by atoms with Crippen molar-refractivity contribution in [2.24, 2.45) is 5.92 Å². The van der Waals surface area contributed by atoms with Crippen LogP contribution in [0.3, 0.4) is 0 Å². The van der Waals surface area contributed by atoms with Crippen LogP contribution in [0.1, 0.15) is 37.7 Å². The van der Waals surface area contributed by atoms with E-state index in [1.54, 1.807) is 25.1 Å². The number of amides is 1. The number of nitrogens with one attached hydrogen (secondary N) is 1. The topological polar surface area (TPSA) is 64.4 Å². The molecule has 0 aliphatic carbocycles. The van der Waals surface area contributed by atoms with E-state index in [9.17, 15) is 9.18 Å². The predicted molar refractivity (Wildman–Crippen MR) is 92.7 cm³/mol. The zero-order valence-electron chi connectivity index (χ0n) is 14.4. The number of hydrogen-bond donors (Lipinski definition) is 1. The van der Waals surface area contributed by atoms with Crippen LogP contribution in [0.15, 0.2) is 28.8 Å². The second kappa shape index (κ2) is 8.25. The quantitative estimate of drug-likeness (QED) is 0.846. The summed E-state index contributed by atoms with van der Waals surface area (Å²) in [5, 5.41) is 6.65. The standard InChI is InChI=1S/C19H23FN2O3/c1-13-18(15-6-2-3-7-16(15)20)25-22-19(13)21-17(23)8-4-5-14-9-11-24-12-10-14/h2-3,6-7,14H,4-5,8-12H2,1H3,(H,21,22,23). The molecule has 1 fully saturated rings. The minimum absolute atomic E-state index is 0.0939. The molecule has 5 nitrogen and oxygen atoms in total. The van der Waals surface area contributed by atoms with Gasteiger partial charge in [0, 0.05) is 25.2 Å². The van der Waals surface area contributed by atoms with Crippen LogP contribution < -0.4 is 5.32 Å². The van der Waals surface area contributed by atoms with E-state index in [1.165, 1.54) is 6.07 Å². The molecule has 1 aliphatic rings. The average Bonchev–Trinajstić information content (AvgIpc) is 2.97. The van der Waals surface area contributed by atoms with E-state index in [-0.39, 0.29) is 11.7 Å². The molecule has 0 bridgehead atoms. The highest BCUT2D eigenvalue weighted by Crippen LogP contribution is 2.30. The van der Waals surface area contributed by atoms with Crippen LogP contribution in [0.2, 0.25) is 0 Å². The lowest BCUT2D eigenvalue weighted by molar-refractivity contribution is -0.116. The molecular formula is C19H23FN2O3. The lowest BCUT2D eigenvalue weighted by atomic mass is 9.94. The van der Waals surface area contributed by atoms with Crippen LogP contribution in [0.25, 0.3) is 11.3 Å². The summed E-state index contributed by atoms with van der Waals surface area (Å²) in [6, 6.07) is 6.34. The normalized spacial score (nSPS) is 15.3. The third-order valence-electron chi connectivity index (χ3n) is 4.66. The van der Waals surface area contributed by atoms with Crippen molar-refractivity contribution in [3.63, 3.8) is 0 Å². The zero-order chi connectivity index (χ0) is 17.6. The van der Waals surface area contributed by atoms with Gasteiger partial charge in [-0.3, -0.25) is 4.79 Å². The molecule has 1 aromatic heterocycles. The lowest BCUT2D eigenvalue weighted by Gasteiger charge is -2.21. The summed E-state index contributed by atoms with van der Waals surface area (Å²) < 4.78 is 24.5. The Morgan fingerprint density at radius 1 is 1.32 bits per heavy atom. The first-order valence-electron chi connectivity index (χ1n) is 8.74. The van der Waals surface area contributed by atoms with Crippen molar-refractivity contribution in [3.05, 3.63) is 35.6 Å². The summed E-state index contributed by atoms with van der Waals surface area (Å²) in [5.41, 5.74) is 0.968. The van der Waals surface area contributed by atoms with Gasteiger partial charge < -0.3 is 14.6 Å². The summed E-state index contributed by atoms with van der Waals surface area (Å²) >= 11 is 0. The molecule has 6 heteroatoms. The fraction of sp³-hybridized carbons (Fsp3) is 0.474. The first-order chi connectivity index (χ1) is 12.1. The number of rotatable bonds is 6. The van der Waals surface area contributed by atoms with Gasteiger partial charge in [-0.05, 0) is 50.7 Å². The van der Waals surface area contributed by atoms with Crippen molar-refractivity contribution in [1.29, 1.82) is 0 Å². The van der Waals surface area contributed by atoms with Gasteiger partial charge >= 0.3 is 0 Å². The molecule has 1 saturated heterocycles. The van der Waals surface area contributed by atoms with Crippen molar-refractivity contribution in [2.75, 3.05) is 18.5 Å². The van der Waals surface area contributed by atoms with Crippen molar-refractivity contribution >= 4 is 11.7 Å². The van der Waals surface area contributed by atoms with Crippen molar-refractivity contribution in [3.8, 4) is 11.3 Å². The van der Waals surface area contributed by atoms with Gasteiger partial charge in [-0.2, -0.15) is 0 Å². The molecule has 1 aromatic carbocycles. The van der Waals surface area contributed by atoms with Crippen molar-refractivity contribution in [2.45, 2.75) is 39.0 Å². The Morgan fingerprint density at radius 2 is 2.08 bits per heavy atom. The smallest absolute Gasteiger partial charge is 0.225 e. The molecule has 25 heavy (non-hydrogen) atoms. The molecule has 0 unspecified atom stereocenters. The van der Waals surface area contributed by atoms with Crippen molar-refractivity contribution in [1.82, 2.24) is 5.16 Å². The molecule has 0 spiro atoms. The second-order valence-corrected chi connectivity index (χ2v) is 6.46. The summed E-state index contributed by atoms with van der Waals surface area (Å²) in [5.74, 6) is 0.882. The zero-order valence-corrected chi connectivity index (χ0v) is 14.4. The molecule has 1 amide bonds. The van der Waals surface area contributed by atoms with E-state index in [1.807, 2.05) is 0 Å². The fourth-order valence-corrected chi connectivity index (χ4v) is 3.13. The van der Waals surface area contributed by atoms with Crippen LogP contribution in [0.4, 0.5) is 10.2 Å². The number of hydrogen-bond acceptors (Lipinski definition) is 4. The number of nitrogens with zero attached hydrogens (tertiary/aromatic N) is 1. The maximum atomic E-state index is 13.9. The average molecular weight is 346 g/mol. The van der Waals surface area contributed by atoms with Gasteiger partial charge in [-0.25, -0.2) is 4.39 Å². The van der Waals surface area contributed by atoms with E-state index >= 15 is 0 Å². The maximum absolute atomic E-state index is 13.9. The number of benzene rings is 1. The van der Waals surface area contributed by atoms with Crippen LogP contribution >= 0.6 is 0 Å². The van der Waals surface area contributed by atoms with Gasteiger partial charge in [0.05, 0.1) is 5.56 Å². The Labute approximate surface area is 146 Å². The van der Waals surface area contributed by atoms with Gasteiger partial charge in [-0.15, -0.1) is 0 Å². The van der Waals surface area contributed by atoms with Gasteiger partial charge in [0.25, 0.3) is 0 Å². The van der Waals surface area contributed by atoms with Gasteiger partial charge in [0.1, 0.15) is 5.82 Å². The third kappa shape index (κ3) is 4.45. The molecule has 134 valence electrons. The number of anilines is 1. The molecule has 1 aliphatic heterocycles.